The molecule has 1 aliphatic heterocycles. The van der Waals surface area contributed by atoms with Crippen LogP contribution in [0.3, 0.4) is 0 Å². The molecule has 2 N–H and O–H groups in total. The van der Waals surface area contributed by atoms with Gasteiger partial charge in [0.2, 0.25) is 5.91 Å². The first-order valence-corrected chi connectivity index (χ1v) is 8.19. The van der Waals surface area contributed by atoms with Crippen LogP contribution in [-0.2, 0) is 9.53 Å². The summed E-state index contributed by atoms with van der Waals surface area (Å²) in [5.74, 6) is 0.432. The summed E-state index contributed by atoms with van der Waals surface area (Å²) in [4.78, 5) is 25.8. The van der Waals surface area contributed by atoms with Crippen molar-refractivity contribution in [3.8, 4) is 5.75 Å². The van der Waals surface area contributed by atoms with Crippen molar-refractivity contribution >= 4 is 23.3 Å². The van der Waals surface area contributed by atoms with Gasteiger partial charge in [0.1, 0.15) is 5.75 Å². The highest BCUT2D eigenvalue weighted by molar-refractivity contribution is 5.95. The molecule has 2 rings (SSSR count). The number of carbonyl (C=O) groups excluding carboxylic acids is 2. The van der Waals surface area contributed by atoms with Gasteiger partial charge in [-0.05, 0) is 31.5 Å². The SMILES string of the molecule is CCC(=O)Nc1cc(NC(=O)N2CCCO[C@H](C)C2)ccc1OC. The van der Waals surface area contributed by atoms with Crippen molar-refractivity contribution in [3.05, 3.63) is 18.2 Å². The largest absolute Gasteiger partial charge is 0.495 e. The second kappa shape index (κ2) is 8.54. The van der Waals surface area contributed by atoms with Crippen LogP contribution in [0.4, 0.5) is 16.2 Å². The van der Waals surface area contributed by atoms with E-state index in [9.17, 15) is 9.59 Å². The fourth-order valence-electron chi connectivity index (χ4n) is 2.50. The fraction of sp³-hybridized carbons (Fsp3) is 0.529. The minimum Gasteiger partial charge on any atom is -0.495 e. The molecule has 132 valence electrons. The molecule has 0 aliphatic carbocycles. The molecule has 0 radical (unpaired) electrons. The lowest BCUT2D eigenvalue weighted by Crippen LogP contribution is -2.38. The fourth-order valence-corrected chi connectivity index (χ4v) is 2.50. The summed E-state index contributed by atoms with van der Waals surface area (Å²) in [6.45, 7) is 5.61. The van der Waals surface area contributed by atoms with Gasteiger partial charge in [0.15, 0.2) is 0 Å². The van der Waals surface area contributed by atoms with Crippen molar-refractivity contribution in [1.29, 1.82) is 0 Å². The standard InChI is InChI=1S/C17H25N3O4/c1-4-16(21)19-14-10-13(6-7-15(14)23-3)18-17(22)20-8-5-9-24-12(2)11-20/h6-7,10,12H,4-5,8-9,11H2,1-3H3,(H,18,22)(H,19,21)/t12-/m1/s1. The van der Waals surface area contributed by atoms with Gasteiger partial charge in [0.05, 0.1) is 18.9 Å². The lowest BCUT2D eigenvalue weighted by molar-refractivity contribution is -0.115. The van der Waals surface area contributed by atoms with Crippen LogP contribution in [0.2, 0.25) is 0 Å². The third-order valence-electron chi connectivity index (χ3n) is 3.79. The van der Waals surface area contributed by atoms with Gasteiger partial charge in [-0.2, -0.15) is 0 Å². The van der Waals surface area contributed by atoms with Crippen LogP contribution >= 0.6 is 0 Å². The Morgan fingerprint density at radius 3 is 2.88 bits per heavy atom. The zero-order valence-corrected chi connectivity index (χ0v) is 14.4. The molecule has 1 aliphatic rings. The van der Waals surface area contributed by atoms with Gasteiger partial charge in [-0.15, -0.1) is 0 Å². The number of benzene rings is 1. The van der Waals surface area contributed by atoms with E-state index in [1.165, 1.54) is 7.11 Å². The van der Waals surface area contributed by atoms with Crippen LogP contribution in [0.25, 0.3) is 0 Å². The zero-order chi connectivity index (χ0) is 17.5. The molecule has 0 aromatic heterocycles. The van der Waals surface area contributed by atoms with Crippen LogP contribution < -0.4 is 15.4 Å². The first-order chi connectivity index (χ1) is 11.5. The van der Waals surface area contributed by atoms with Crippen LogP contribution in [0.5, 0.6) is 5.75 Å². The number of rotatable bonds is 4. The minimum absolute atomic E-state index is 0.0218. The molecule has 1 heterocycles. The quantitative estimate of drug-likeness (QED) is 0.886. The van der Waals surface area contributed by atoms with E-state index in [1.807, 2.05) is 6.92 Å². The number of nitrogens with zero attached hydrogens (tertiary/aromatic N) is 1. The molecule has 7 nitrogen and oxygen atoms in total. The molecule has 1 aromatic carbocycles. The molecule has 1 saturated heterocycles. The maximum Gasteiger partial charge on any atom is 0.321 e. The number of carbonyl (C=O) groups is 2. The number of ether oxygens (including phenoxy) is 2. The van der Waals surface area contributed by atoms with E-state index in [4.69, 9.17) is 9.47 Å². The Hall–Kier alpha value is -2.28. The van der Waals surface area contributed by atoms with Crippen LogP contribution in [-0.4, -0.2) is 49.7 Å². The van der Waals surface area contributed by atoms with E-state index >= 15 is 0 Å². The van der Waals surface area contributed by atoms with Gasteiger partial charge in [-0.3, -0.25) is 4.79 Å². The Morgan fingerprint density at radius 1 is 1.38 bits per heavy atom. The topological polar surface area (TPSA) is 79.9 Å². The number of nitrogens with one attached hydrogen (secondary N) is 2. The first-order valence-electron chi connectivity index (χ1n) is 8.19. The Balaban J connectivity index is 2.09. The molecule has 3 amide bonds. The number of urea groups is 1. The van der Waals surface area contributed by atoms with Crippen molar-refractivity contribution in [2.75, 3.05) is 37.4 Å². The minimum atomic E-state index is -0.176. The van der Waals surface area contributed by atoms with Crippen molar-refractivity contribution < 1.29 is 19.1 Å². The maximum atomic E-state index is 12.5. The molecule has 0 saturated carbocycles. The Morgan fingerprint density at radius 2 is 2.17 bits per heavy atom. The third-order valence-corrected chi connectivity index (χ3v) is 3.79. The van der Waals surface area contributed by atoms with Crippen LogP contribution in [0.15, 0.2) is 18.2 Å². The molecule has 1 fully saturated rings. The molecule has 0 spiro atoms. The predicted octanol–water partition coefficient (Wildman–Crippen LogP) is 2.69. The highest BCUT2D eigenvalue weighted by Gasteiger charge is 2.20. The normalized spacial score (nSPS) is 17.8. The highest BCUT2D eigenvalue weighted by Crippen LogP contribution is 2.28. The van der Waals surface area contributed by atoms with Crippen molar-refractivity contribution in [2.24, 2.45) is 0 Å². The number of amides is 3. The summed E-state index contributed by atoms with van der Waals surface area (Å²) in [5, 5.41) is 5.64. The molecule has 24 heavy (non-hydrogen) atoms. The second-order valence-electron chi connectivity index (χ2n) is 5.73. The van der Waals surface area contributed by atoms with Crippen molar-refractivity contribution in [1.82, 2.24) is 4.90 Å². The number of anilines is 2. The van der Waals surface area contributed by atoms with E-state index in [1.54, 1.807) is 30.0 Å². The van der Waals surface area contributed by atoms with Gasteiger partial charge >= 0.3 is 6.03 Å². The van der Waals surface area contributed by atoms with Crippen LogP contribution in [0.1, 0.15) is 26.7 Å². The number of hydrogen-bond acceptors (Lipinski definition) is 4. The number of hydrogen-bond donors (Lipinski definition) is 2. The molecule has 1 aromatic rings. The van der Waals surface area contributed by atoms with E-state index in [0.717, 1.165) is 6.42 Å². The monoisotopic (exact) mass is 335 g/mol. The summed E-state index contributed by atoms with van der Waals surface area (Å²) in [7, 11) is 1.54. The van der Waals surface area contributed by atoms with Gasteiger partial charge in [0.25, 0.3) is 0 Å². The molecule has 0 bridgehead atoms. The maximum absolute atomic E-state index is 12.5. The smallest absolute Gasteiger partial charge is 0.321 e. The summed E-state index contributed by atoms with van der Waals surface area (Å²) in [5.41, 5.74) is 1.14. The molecule has 1 atom stereocenters. The number of methoxy groups -OCH3 is 1. The third kappa shape index (κ3) is 4.86. The van der Waals surface area contributed by atoms with E-state index in [2.05, 4.69) is 10.6 Å². The average molecular weight is 335 g/mol. The Bertz CT molecular complexity index is 591. The predicted molar refractivity (Wildman–Crippen MR) is 92.5 cm³/mol. The van der Waals surface area contributed by atoms with Gasteiger partial charge in [-0.1, -0.05) is 6.92 Å². The Kier molecular flexibility index (Phi) is 6.43. The molecule has 0 unspecified atom stereocenters. The van der Waals surface area contributed by atoms with Gasteiger partial charge < -0.3 is 25.0 Å². The molecular weight excluding hydrogens is 310 g/mol. The van der Waals surface area contributed by atoms with Crippen LogP contribution in [0, 0.1) is 0 Å². The van der Waals surface area contributed by atoms with Crippen molar-refractivity contribution in [3.63, 3.8) is 0 Å². The zero-order valence-electron chi connectivity index (χ0n) is 14.4. The van der Waals surface area contributed by atoms with E-state index < -0.39 is 0 Å². The average Bonchev–Trinajstić information content (AvgIpc) is 2.79. The molecule has 7 heteroatoms. The van der Waals surface area contributed by atoms with Crippen molar-refractivity contribution in [2.45, 2.75) is 32.8 Å². The molecular formula is C17H25N3O4. The Labute approximate surface area is 142 Å². The highest BCUT2D eigenvalue weighted by atomic mass is 16.5. The second-order valence-corrected chi connectivity index (χ2v) is 5.73. The van der Waals surface area contributed by atoms with E-state index in [0.29, 0.717) is 43.2 Å². The van der Waals surface area contributed by atoms with E-state index in [-0.39, 0.29) is 18.0 Å². The summed E-state index contributed by atoms with van der Waals surface area (Å²) < 4.78 is 10.8. The lowest BCUT2D eigenvalue weighted by atomic mass is 10.2. The summed E-state index contributed by atoms with van der Waals surface area (Å²) in [6.07, 6.45) is 1.21. The first kappa shape index (κ1) is 18.1. The summed E-state index contributed by atoms with van der Waals surface area (Å²) >= 11 is 0. The van der Waals surface area contributed by atoms with Gasteiger partial charge in [0, 0.05) is 31.8 Å². The summed E-state index contributed by atoms with van der Waals surface area (Å²) in [6, 6.07) is 4.98. The lowest BCUT2D eigenvalue weighted by Gasteiger charge is -2.23. The van der Waals surface area contributed by atoms with Gasteiger partial charge in [-0.25, -0.2) is 4.79 Å².